The lowest BCUT2D eigenvalue weighted by Crippen LogP contribution is -2.44. The molecule has 6 heteroatoms. The zero-order chi connectivity index (χ0) is 12.9. The maximum atomic E-state index is 5.38. The maximum absolute atomic E-state index is 5.38. The summed E-state index contributed by atoms with van der Waals surface area (Å²) in [5.41, 5.74) is 1.13. The van der Waals surface area contributed by atoms with E-state index in [4.69, 9.17) is 17.7 Å². The number of hydrogen-bond acceptors (Lipinski definition) is 4. The van der Waals surface area contributed by atoms with Gasteiger partial charge in [-0.05, 0) is 0 Å². The highest BCUT2D eigenvalue weighted by atomic mass is 28.4. The molecular weight excluding hydrogens is 238 g/mol. The molecule has 98 valence electrons. The first-order valence-corrected chi connectivity index (χ1v) is 7.61. The molecule has 1 rings (SSSR count). The molecule has 1 aromatic rings. The van der Waals surface area contributed by atoms with Crippen LogP contribution in [0.15, 0.2) is 10.7 Å². The van der Waals surface area contributed by atoms with Crippen LogP contribution in [-0.4, -0.2) is 30.1 Å². The fraction of sp³-hybridized carbons (Fsp3) is 0.727. The van der Waals surface area contributed by atoms with Gasteiger partial charge >= 0.3 is 14.7 Å². The van der Waals surface area contributed by atoms with Crippen molar-refractivity contribution < 1.29 is 22.3 Å². The van der Waals surface area contributed by atoms with Crippen molar-refractivity contribution in [3.05, 3.63) is 17.8 Å². The number of oxazole rings is 1. The largest absolute Gasteiger partial charge is 0.500 e. The fourth-order valence-corrected chi connectivity index (χ4v) is 3.59. The molecule has 0 spiro atoms. The van der Waals surface area contributed by atoms with Gasteiger partial charge in [-0.2, -0.15) is 4.57 Å². The minimum Gasteiger partial charge on any atom is -0.410 e. The quantitative estimate of drug-likeness (QED) is 0.550. The average molecular weight is 260 g/mol. The third-order valence-electron chi connectivity index (χ3n) is 3.00. The number of hydrogen-bond donors (Lipinski definition) is 0. The molecule has 0 aromatic carbocycles. The van der Waals surface area contributed by atoms with Crippen LogP contribution in [-0.2, 0) is 19.8 Å². The average Bonchev–Trinajstić information content (AvgIpc) is 2.66. The first-order chi connectivity index (χ1) is 8.08. The van der Waals surface area contributed by atoms with Crippen molar-refractivity contribution in [1.29, 1.82) is 0 Å². The SMILES string of the molecule is CO[Si](CCC[n+]1c(C)coc1C)(OC)OC. The Bertz CT molecular complexity index is 321. The van der Waals surface area contributed by atoms with Crippen molar-refractivity contribution in [2.75, 3.05) is 21.3 Å². The van der Waals surface area contributed by atoms with Gasteiger partial charge in [0.05, 0.1) is 6.92 Å². The van der Waals surface area contributed by atoms with Crippen molar-refractivity contribution in [3.8, 4) is 0 Å². The van der Waals surface area contributed by atoms with Crippen molar-refractivity contribution in [1.82, 2.24) is 0 Å². The molecule has 0 saturated carbocycles. The first kappa shape index (κ1) is 14.4. The zero-order valence-corrected chi connectivity index (χ0v) is 12.3. The van der Waals surface area contributed by atoms with Crippen molar-refractivity contribution >= 4 is 8.80 Å². The van der Waals surface area contributed by atoms with E-state index in [9.17, 15) is 0 Å². The normalized spacial score (nSPS) is 12.1. The highest BCUT2D eigenvalue weighted by Crippen LogP contribution is 2.15. The van der Waals surface area contributed by atoms with E-state index in [-0.39, 0.29) is 0 Å². The summed E-state index contributed by atoms with van der Waals surface area (Å²) in [5.74, 6) is 0.919. The molecule has 1 heterocycles. The monoisotopic (exact) mass is 260 g/mol. The molecule has 0 aliphatic rings. The highest BCUT2D eigenvalue weighted by Gasteiger charge is 2.37. The maximum Gasteiger partial charge on any atom is 0.500 e. The second-order valence-electron chi connectivity index (χ2n) is 3.95. The van der Waals surface area contributed by atoms with Gasteiger partial charge in [0, 0.05) is 40.7 Å². The standard InChI is InChI=1S/C11H22NO4Si/c1-10-9-16-11(2)12(10)7-6-8-17(13-3,14-4)15-5/h9H,6-8H2,1-5H3/q+1. The molecule has 0 amide bonds. The van der Waals surface area contributed by atoms with Crippen molar-refractivity contribution in [3.63, 3.8) is 0 Å². The van der Waals surface area contributed by atoms with Gasteiger partial charge in [0.2, 0.25) is 5.69 Å². The third kappa shape index (κ3) is 3.38. The van der Waals surface area contributed by atoms with E-state index in [1.54, 1.807) is 27.6 Å². The first-order valence-electron chi connectivity index (χ1n) is 5.68. The van der Waals surface area contributed by atoms with Gasteiger partial charge in [-0.1, -0.05) is 0 Å². The Labute approximate surface area is 104 Å². The molecule has 0 saturated heterocycles. The van der Waals surface area contributed by atoms with E-state index in [2.05, 4.69) is 4.57 Å². The highest BCUT2D eigenvalue weighted by molar-refractivity contribution is 6.60. The summed E-state index contributed by atoms with van der Waals surface area (Å²) in [6.45, 7) is 4.88. The molecule has 0 N–H and O–H groups in total. The van der Waals surface area contributed by atoms with Gasteiger partial charge in [0.15, 0.2) is 12.8 Å². The minimum atomic E-state index is -2.43. The van der Waals surface area contributed by atoms with E-state index in [1.165, 1.54) is 0 Å². The summed E-state index contributed by atoms with van der Waals surface area (Å²) in [5, 5.41) is 0. The molecule has 0 atom stereocenters. The van der Waals surface area contributed by atoms with Crippen LogP contribution >= 0.6 is 0 Å². The molecule has 5 nitrogen and oxygen atoms in total. The van der Waals surface area contributed by atoms with Gasteiger partial charge in [0.1, 0.15) is 0 Å². The smallest absolute Gasteiger partial charge is 0.410 e. The summed E-state index contributed by atoms with van der Waals surface area (Å²) in [6, 6.07) is 0.799. The summed E-state index contributed by atoms with van der Waals surface area (Å²) in [6.07, 6.45) is 2.70. The second-order valence-corrected chi connectivity index (χ2v) is 7.04. The van der Waals surface area contributed by atoms with Gasteiger partial charge in [-0.3, -0.25) is 0 Å². The van der Waals surface area contributed by atoms with Crippen LogP contribution in [0.1, 0.15) is 18.0 Å². The van der Waals surface area contributed by atoms with Crippen LogP contribution in [0.25, 0.3) is 0 Å². The van der Waals surface area contributed by atoms with Crippen LogP contribution in [0, 0.1) is 13.8 Å². The summed E-state index contributed by atoms with van der Waals surface area (Å²) in [7, 11) is 2.49. The van der Waals surface area contributed by atoms with E-state index in [1.807, 2.05) is 13.8 Å². The predicted octanol–water partition coefficient (Wildman–Crippen LogP) is 1.45. The van der Waals surface area contributed by atoms with Crippen molar-refractivity contribution in [2.24, 2.45) is 0 Å². The van der Waals surface area contributed by atoms with Gasteiger partial charge in [-0.15, -0.1) is 0 Å². The van der Waals surface area contributed by atoms with Crippen LogP contribution in [0.3, 0.4) is 0 Å². The fourth-order valence-electron chi connectivity index (χ4n) is 1.89. The zero-order valence-electron chi connectivity index (χ0n) is 11.3. The Kier molecular flexibility index (Phi) is 5.32. The molecule has 1 aromatic heterocycles. The number of nitrogens with zero attached hydrogens (tertiary/aromatic N) is 1. The molecule has 0 unspecified atom stereocenters. The predicted molar refractivity (Wildman–Crippen MR) is 64.6 cm³/mol. The van der Waals surface area contributed by atoms with Gasteiger partial charge < -0.3 is 17.7 Å². The Balaban J connectivity index is 2.52. The lowest BCUT2D eigenvalue weighted by molar-refractivity contribution is -0.711. The van der Waals surface area contributed by atoms with Crippen LogP contribution < -0.4 is 4.57 Å². The van der Waals surface area contributed by atoms with Gasteiger partial charge in [0.25, 0.3) is 0 Å². The number of aryl methyl sites for hydroxylation is 2. The van der Waals surface area contributed by atoms with E-state index < -0.39 is 8.80 Å². The third-order valence-corrected chi connectivity index (χ3v) is 5.84. The molecule has 17 heavy (non-hydrogen) atoms. The van der Waals surface area contributed by atoms with E-state index >= 15 is 0 Å². The van der Waals surface area contributed by atoms with E-state index in [0.29, 0.717) is 0 Å². The minimum absolute atomic E-state index is 0.799. The number of rotatable bonds is 7. The second kappa shape index (κ2) is 6.30. The van der Waals surface area contributed by atoms with Crippen LogP contribution in [0.5, 0.6) is 0 Å². The molecular formula is C11H22NO4Si+. The van der Waals surface area contributed by atoms with E-state index in [0.717, 1.165) is 30.6 Å². The summed E-state index contributed by atoms with van der Waals surface area (Å²) >= 11 is 0. The molecule has 0 bridgehead atoms. The lowest BCUT2D eigenvalue weighted by Gasteiger charge is -2.23. The van der Waals surface area contributed by atoms with Crippen LogP contribution in [0.4, 0.5) is 0 Å². The molecule has 0 aliphatic carbocycles. The Morgan fingerprint density at radius 2 is 1.76 bits per heavy atom. The number of aromatic nitrogens is 1. The molecule has 0 radical (unpaired) electrons. The molecule has 0 fully saturated rings. The Hall–Kier alpha value is -0.693. The van der Waals surface area contributed by atoms with Crippen LogP contribution in [0.2, 0.25) is 6.04 Å². The Morgan fingerprint density at radius 1 is 1.18 bits per heavy atom. The molecule has 0 aliphatic heterocycles. The Morgan fingerprint density at radius 3 is 2.18 bits per heavy atom. The topological polar surface area (TPSA) is 44.7 Å². The summed E-state index contributed by atoms with van der Waals surface area (Å²) in [4.78, 5) is 0. The summed E-state index contributed by atoms with van der Waals surface area (Å²) < 4.78 is 23.6. The van der Waals surface area contributed by atoms with Gasteiger partial charge in [-0.25, -0.2) is 0 Å². The van der Waals surface area contributed by atoms with Crippen molar-refractivity contribution in [2.45, 2.75) is 32.9 Å². The lowest BCUT2D eigenvalue weighted by atomic mass is 10.4.